The van der Waals surface area contributed by atoms with E-state index in [0.717, 1.165) is 25.1 Å². The second-order valence-electron chi connectivity index (χ2n) is 7.45. The van der Waals surface area contributed by atoms with Gasteiger partial charge in [-0.15, -0.1) is 0 Å². The van der Waals surface area contributed by atoms with Crippen molar-refractivity contribution >= 4 is 33.3 Å². The van der Waals surface area contributed by atoms with Crippen LogP contribution in [0.5, 0.6) is 0 Å². The molecular formula is C19H25N3O5S. The maximum atomic E-state index is 13.1. The normalized spacial score (nSPS) is 23.1. The van der Waals surface area contributed by atoms with E-state index in [9.17, 15) is 18.0 Å². The number of anilines is 2. The van der Waals surface area contributed by atoms with Crippen LogP contribution in [-0.2, 0) is 24.3 Å². The molecule has 1 N–H and O–H groups in total. The summed E-state index contributed by atoms with van der Waals surface area (Å²) < 4.78 is 32.6. The predicted octanol–water partition coefficient (Wildman–Crippen LogP) is 1.57. The van der Waals surface area contributed by atoms with Gasteiger partial charge >= 0.3 is 5.97 Å². The van der Waals surface area contributed by atoms with Crippen molar-refractivity contribution in [1.29, 1.82) is 0 Å². The molecule has 0 aromatic heterocycles. The zero-order valence-corrected chi connectivity index (χ0v) is 16.7. The predicted molar refractivity (Wildman–Crippen MR) is 104 cm³/mol. The van der Waals surface area contributed by atoms with E-state index in [1.54, 1.807) is 25.1 Å². The van der Waals surface area contributed by atoms with Crippen LogP contribution >= 0.6 is 0 Å². The highest BCUT2D eigenvalue weighted by atomic mass is 32.2. The number of piperidine rings is 1. The van der Waals surface area contributed by atoms with Crippen molar-refractivity contribution in [2.75, 3.05) is 36.5 Å². The molecule has 0 aliphatic carbocycles. The molecule has 0 unspecified atom stereocenters. The largest absolute Gasteiger partial charge is 0.466 e. The van der Waals surface area contributed by atoms with Gasteiger partial charge in [0.05, 0.1) is 28.8 Å². The van der Waals surface area contributed by atoms with Crippen LogP contribution in [0, 0.1) is 5.92 Å². The summed E-state index contributed by atoms with van der Waals surface area (Å²) in [5, 5.41) is 2.86. The van der Waals surface area contributed by atoms with Gasteiger partial charge in [0, 0.05) is 19.6 Å². The number of nitrogens with zero attached hydrogens (tertiary/aromatic N) is 2. The van der Waals surface area contributed by atoms with E-state index >= 15 is 0 Å². The molecule has 2 fully saturated rings. The third kappa shape index (κ3) is 3.26. The molecule has 1 aromatic rings. The highest BCUT2D eigenvalue weighted by Crippen LogP contribution is 2.38. The third-order valence-corrected chi connectivity index (χ3v) is 7.70. The Morgan fingerprint density at radius 1 is 1.21 bits per heavy atom. The number of carbonyl (C=O) groups is 2. The molecule has 4 rings (SSSR count). The van der Waals surface area contributed by atoms with Crippen LogP contribution in [0.3, 0.4) is 0 Å². The Bertz CT molecular complexity index is 893. The van der Waals surface area contributed by atoms with E-state index in [-0.39, 0.29) is 41.8 Å². The van der Waals surface area contributed by atoms with Crippen molar-refractivity contribution in [1.82, 2.24) is 4.31 Å². The van der Waals surface area contributed by atoms with Gasteiger partial charge in [-0.25, -0.2) is 8.42 Å². The number of hydrogen-bond acceptors (Lipinski definition) is 6. The quantitative estimate of drug-likeness (QED) is 0.761. The highest BCUT2D eigenvalue weighted by molar-refractivity contribution is 7.89. The summed E-state index contributed by atoms with van der Waals surface area (Å²) in [6.07, 6.45) is 2.68. The van der Waals surface area contributed by atoms with E-state index in [0.29, 0.717) is 25.1 Å². The summed E-state index contributed by atoms with van der Waals surface area (Å²) in [7, 11) is -3.69. The molecule has 0 spiro atoms. The van der Waals surface area contributed by atoms with Gasteiger partial charge < -0.3 is 15.0 Å². The van der Waals surface area contributed by atoms with Gasteiger partial charge in [-0.2, -0.15) is 4.31 Å². The van der Waals surface area contributed by atoms with Crippen LogP contribution in [0.15, 0.2) is 23.1 Å². The minimum Gasteiger partial charge on any atom is -0.466 e. The zero-order valence-electron chi connectivity index (χ0n) is 15.9. The first-order valence-electron chi connectivity index (χ1n) is 9.80. The average molecular weight is 407 g/mol. The van der Waals surface area contributed by atoms with Gasteiger partial charge in [0.2, 0.25) is 15.9 Å². The topological polar surface area (TPSA) is 96.0 Å². The van der Waals surface area contributed by atoms with E-state index in [2.05, 4.69) is 10.2 Å². The van der Waals surface area contributed by atoms with Gasteiger partial charge in [0.15, 0.2) is 0 Å². The molecule has 28 heavy (non-hydrogen) atoms. The summed E-state index contributed by atoms with van der Waals surface area (Å²) in [6, 6.07) is 4.79. The number of sulfonamides is 1. The Labute approximate surface area is 164 Å². The summed E-state index contributed by atoms with van der Waals surface area (Å²) >= 11 is 0. The number of carbonyl (C=O) groups excluding carboxylic acids is 2. The molecule has 1 amide bonds. The Morgan fingerprint density at radius 3 is 2.68 bits per heavy atom. The molecule has 3 heterocycles. The molecule has 1 atom stereocenters. The van der Waals surface area contributed by atoms with Crippen LogP contribution in [-0.4, -0.2) is 56.9 Å². The van der Waals surface area contributed by atoms with Crippen molar-refractivity contribution in [3.63, 3.8) is 0 Å². The van der Waals surface area contributed by atoms with E-state index in [1.165, 1.54) is 4.31 Å². The second kappa shape index (κ2) is 7.36. The SMILES string of the molecule is CCOC(=O)C1CCN(S(=O)(=O)c2ccc3c(c2)NC(=O)[C@H]2CCCN32)CC1. The molecule has 9 heteroatoms. The first-order chi connectivity index (χ1) is 13.4. The van der Waals surface area contributed by atoms with Crippen molar-refractivity contribution in [3.8, 4) is 0 Å². The summed E-state index contributed by atoms with van der Waals surface area (Å²) in [5.41, 5.74) is 1.42. The fourth-order valence-electron chi connectivity index (χ4n) is 4.31. The molecule has 152 valence electrons. The maximum Gasteiger partial charge on any atom is 0.309 e. The lowest BCUT2D eigenvalue weighted by Crippen LogP contribution is -2.44. The summed E-state index contributed by atoms with van der Waals surface area (Å²) in [4.78, 5) is 26.4. The Morgan fingerprint density at radius 2 is 1.96 bits per heavy atom. The smallest absolute Gasteiger partial charge is 0.309 e. The van der Waals surface area contributed by atoms with Crippen LogP contribution < -0.4 is 10.2 Å². The van der Waals surface area contributed by atoms with E-state index in [1.807, 2.05) is 0 Å². The highest BCUT2D eigenvalue weighted by Gasteiger charge is 2.38. The minimum absolute atomic E-state index is 0.0743. The molecule has 0 saturated carbocycles. The van der Waals surface area contributed by atoms with Crippen LogP contribution in [0.2, 0.25) is 0 Å². The van der Waals surface area contributed by atoms with Crippen molar-refractivity contribution < 1.29 is 22.7 Å². The fraction of sp³-hybridized carbons (Fsp3) is 0.579. The molecule has 0 bridgehead atoms. The lowest BCUT2D eigenvalue weighted by Gasteiger charge is -2.34. The second-order valence-corrected chi connectivity index (χ2v) is 9.39. The van der Waals surface area contributed by atoms with E-state index < -0.39 is 10.0 Å². The number of ether oxygens (including phenoxy) is 1. The lowest BCUT2D eigenvalue weighted by atomic mass is 9.98. The molecule has 3 aliphatic heterocycles. The van der Waals surface area contributed by atoms with Crippen molar-refractivity contribution in [3.05, 3.63) is 18.2 Å². The molecular weight excluding hydrogens is 382 g/mol. The first-order valence-corrected chi connectivity index (χ1v) is 11.2. The number of benzene rings is 1. The van der Waals surface area contributed by atoms with Gasteiger partial charge in [0.25, 0.3) is 0 Å². The van der Waals surface area contributed by atoms with Gasteiger partial charge in [-0.05, 0) is 50.8 Å². The van der Waals surface area contributed by atoms with Gasteiger partial charge in [-0.1, -0.05) is 0 Å². The molecule has 8 nitrogen and oxygen atoms in total. The Balaban J connectivity index is 1.52. The van der Waals surface area contributed by atoms with Crippen LogP contribution in [0.1, 0.15) is 32.6 Å². The summed E-state index contributed by atoms with van der Waals surface area (Å²) in [5.74, 6) is -0.577. The van der Waals surface area contributed by atoms with Crippen molar-refractivity contribution in [2.24, 2.45) is 5.92 Å². The Kier molecular flexibility index (Phi) is 5.05. The molecule has 0 radical (unpaired) electrons. The van der Waals surface area contributed by atoms with Gasteiger partial charge in [0.1, 0.15) is 6.04 Å². The fourth-order valence-corrected chi connectivity index (χ4v) is 5.81. The number of fused-ring (bicyclic) bond motifs is 3. The summed E-state index contributed by atoms with van der Waals surface area (Å²) in [6.45, 7) is 3.46. The monoisotopic (exact) mass is 407 g/mol. The number of rotatable bonds is 4. The minimum atomic E-state index is -3.69. The zero-order chi connectivity index (χ0) is 19.9. The van der Waals surface area contributed by atoms with Crippen molar-refractivity contribution in [2.45, 2.75) is 43.5 Å². The van der Waals surface area contributed by atoms with E-state index in [4.69, 9.17) is 4.74 Å². The molecule has 2 saturated heterocycles. The van der Waals surface area contributed by atoms with Crippen LogP contribution in [0.4, 0.5) is 11.4 Å². The van der Waals surface area contributed by atoms with Gasteiger partial charge in [-0.3, -0.25) is 9.59 Å². The molecule has 3 aliphatic rings. The van der Waals surface area contributed by atoms with Crippen LogP contribution in [0.25, 0.3) is 0 Å². The first kappa shape index (κ1) is 19.2. The number of nitrogens with one attached hydrogen (secondary N) is 1. The standard InChI is InChI=1S/C19H25N3O5S/c1-2-27-19(24)13-7-10-21(11-8-13)28(25,26)14-5-6-16-15(12-14)20-18(23)17-4-3-9-22(16)17/h5-6,12-13,17H,2-4,7-11H2,1H3,(H,20,23)/t17-/m1/s1. The number of amides is 1. The number of esters is 1. The lowest BCUT2D eigenvalue weighted by molar-refractivity contribution is -0.149. The average Bonchev–Trinajstić information content (AvgIpc) is 3.19. The Hall–Kier alpha value is -2.13. The molecule has 1 aromatic carbocycles. The number of hydrogen-bond donors (Lipinski definition) is 1. The third-order valence-electron chi connectivity index (χ3n) is 5.80. The maximum absolute atomic E-state index is 13.1.